The van der Waals surface area contributed by atoms with Gasteiger partial charge in [0.05, 0.1) is 0 Å². The van der Waals surface area contributed by atoms with Crippen molar-refractivity contribution in [3.63, 3.8) is 0 Å². The first-order valence-electron chi connectivity index (χ1n) is 8.30. The molecule has 1 aliphatic rings. The number of amides is 2. The largest absolute Gasteiger partial charge is 0.334 e. The second-order valence-corrected chi connectivity index (χ2v) is 6.03. The van der Waals surface area contributed by atoms with E-state index in [1.807, 2.05) is 23.1 Å². The third-order valence-electron chi connectivity index (χ3n) is 4.41. The average molecular weight is 309 g/mol. The second-order valence-electron chi connectivity index (χ2n) is 6.03. The Morgan fingerprint density at radius 1 is 1.17 bits per heavy atom. The molecule has 1 aromatic carbocycles. The number of hydrogen-bond donors (Lipinski definition) is 1. The molecule has 1 saturated heterocycles. The normalized spacial score (nSPS) is 17.2. The van der Waals surface area contributed by atoms with E-state index in [-0.39, 0.29) is 6.03 Å². The maximum absolute atomic E-state index is 12.4. The molecule has 0 spiro atoms. The van der Waals surface area contributed by atoms with E-state index in [1.165, 1.54) is 5.56 Å². The number of rotatable bonds is 5. The third kappa shape index (κ3) is 4.31. The lowest BCUT2D eigenvalue weighted by Gasteiger charge is -2.25. The van der Waals surface area contributed by atoms with Gasteiger partial charge in [0.1, 0.15) is 0 Å². The van der Waals surface area contributed by atoms with Crippen LogP contribution in [0.2, 0.25) is 0 Å². The van der Waals surface area contributed by atoms with Crippen LogP contribution in [0.5, 0.6) is 0 Å². The van der Waals surface area contributed by atoms with Crippen LogP contribution in [0.25, 0.3) is 0 Å². The Labute approximate surface area is 137 Å². The molecule has 2 amide bonds. The predicted molar refractivity (Wildman–Crippen MR) is 91.0 cm³/mol. The van der Waals surface area contributed by atoms with Gasteiger partial charge in [-0.05, 0) is 42.9 Å². The molecule has 4 heteroatoms. The number of carbonyl (C=O) groups is 1. The predicted octanol–water partition coefficient (Wildman–Crippen LogP) is 3.39. The Hall–Kier alpha value is -2.36. The van der Waals surface area contributed by atoms with Crippen molar-refractivity contribution in [3.05, 3.63) is 66.0 Å². The van der Waals surface area contributed by atoms with Gasteiger partial charge < -0.3 is 10.2 Å². The molecule has 1 N–H and O–H groups in total. The molecule has 23 heavy (non-hydrogen) atoms. The van der Waals surface area contributed by atoms with Crippen LogP contribution in [0.3, 0.4) is 0 Å². The molecular weight excluding hydrogens is 286 g/mol. The Morgan fingerprint density at radius 2 is 2.00 bits per heavy atom. The lowest BCUT2D eigenvalue weighted by atomic mass is 10.0. The van der Waals surface area contributed by atoms with Gasteiger partial charge in [-0.2, -0.15) is 0 Å². The molecule has 0 saturated carbocycles. The number of likely N-dealkylation sites (tertiary alicyclic amines) is 1. The van der Waals surface area contributed by atoms with Crippen molar-refractivity contribution < 1.29 is 4.79 Å². The molecule has 1 atom stereocenters. The number of aryl methyl sites for hydroxylation is 1. The minimum atomic E-state index is 0.0458. The highest BCUT2D eigenvalue weighted by atomic mass is 16.2. The van der Waals surface area contributed by atoms with Gasteiger partial charge in [-0.15, -0.1) is 0 Å². The molecule has 1 aromatic heterocycles. The summed E-state index contributed by atoms with van der Waals surface area (Å²) in [6.07, 6.45) is 7.79. The van der Waals surface area contributed by atoms with Gasteiger partial charge in [0.25, 0.3) is 0 Å². The first kappa shape index (κ1) is 15.5. The summed E-state index contributed by atoms with van der Waals surface area (Å²) in [7, 11) is 0. The fourth-order valence-corrected chi connectivity index (χ4v) is 3.16. The molecule has 0 radical (unpaired) electrons. The van der Waals surface area contributed by atoms with E-state index in [2.05, 4.69) is 34.6 Å². The number of benzene rings is 1. The van der Waals surface area contributed by atoms with Gasteiger partial charge in [0, 0.05) is 31.5 Å². The molecule has 0 bridgehead atoms. The van der Waals surface area contributed by atoms with E-state index < -0.39 is 0 Å². The average Bonchev–Trinajstić information content (AvgIpc) is 3.08. The Morgan fingerprint density at radius 3 is 2.78 bits per heavy atom. The lowest BCUT2D eigenvalue weighted by molar-refractivity contribution is 0.189. The SMILES string of the molecule is O=C(NCc1cccnc1)N1CCC[C@H]1CCc1ccccc1. The van der Waals surface area contributed by atoms with Crippen molar-refractivity contribution in [2.45, 2.75) is 38.3 Å². The van der Waals surface area contributed by atoms with Crippen molar-refractivity contribution in [3.8, 4) is 0 Å². The highest BCUT2D eigenvalue weighted by molar-refractivity contribution is 5.74. The van der Waals surface area contributed by atoms with E-state index in [0.29, 0.717) is 12.6 Å². The molecule has 0 aliphatic carbocycles. The number of urea groups is 1. The van der Waals surface area contributed by atoms with Crippen LogP contribution in [0.15, 0.2) is 54.9 Å². The van der Waals surface area contributed by atoms with Crippen molar-refractivity contribution in [2.75, 3.05) is 6.54 Å². The first-order valence-corrected chi connectivity index (χ1v) is 8.30. The van der Waals surface area contributed by atoms with E-state index in [1.54, 1.807) is 12.4 Å². The lowest BCUT2D eigenvalue weighted by Crippen LogP contribution is -2.42. The number of hydrogen-bond acceptors (Lipinski definition) is 2. The van der Waals surface area contributed by atoms with Crippen LogP contribution in [0, 0.1) is 0 Å². The van der Waals surface area contributed by atoms with Crippen LogP contribution in [0.4, 0.5) is 4.79 Å². The van der Waals surface area contributed by atoms with E-state index >= 15 is 0 Å². The van der Waals surface area contributed by atoms with Crippen molar-refractivity contribution in [1.82, 2.24) is 15.2 Å². The van der Waals surface area contributed by atoms with E-state index in [0.717, 1.165) is 37.8 Å². The summed E-state index contributed by atoms with van der Waals surface area (Å²) in [6, 6.07) is 14.8. The van der Waals surface area contributed by atoms with Crippen molar-refractivity contribution in [2.24, 2.45) is 0 Å². The summed E-state index contributed by atoms with van der Waals surface area (Å²) < 4.78 is 0. The number of nitrogens with zero attached hydrogens (tertiary/aromatic N) is 2. The molecule has 2 aromatic rings. The van der Waals surface area contributed by atoms with Crippen LogP contribution in [-0.2, 0) is 13.0 Å². The zero-order chi connectivity index (χ0) is 15.9. The molecule has 1 fully saturated rings. The summed E-state index contributed by atoms with van der Waals surface area (Å²) in [4.78, 5) is 18.5. The molecule has 0 unspecified atom stereocenters. The second kappa shape index (κ2) is 7.77. The zero-order valence-electron chi connectivity index (χ0n) is 13.3. The fraction of sp³-hybridized carbons (Fsp3) is 0.368. The van der Waals surface area contributed by atoms with Crippen molar-refractivity contribution in [1.29, 1.82) is 0 Å². The smallest absolute Gasteiger partial charge is 0.317 e. The fourth-order valence-electron chi connectivity index (χ4n) is 3.16. The standard InChI is InChI=1S/C19H23N3O/c23-19(21-15-17-8-4-12-20-14-17)22-13-5-9-18(22)11-10-16-6-2-1-3-7-16/h1-4,6-8,12,14,18H,5,9-11,13,15H2,(H,21,23)/t18-/m0/s1. The van der Waals surface area contributed by atoms with Crippen LogP contribution >= 0.6 is 0 Å². The molecule has 3 rings (SSSR count). The maximum Gasteiger partial charge on any atom is 0.317 e. The summed E-state index contributed by atoms with van der Waals surface area (Å²) in [6.45, 7) is 1.40. The van der Waals surface area contributed by atoms with Crippen LogP contribution < -0.4 is 5.32 Å². The van der Waals surface area contributed by atoms with Gasteiger partial charge in [-0.1, -0.05) is 36.4 Å². The monoisotopic (exact) mass is 309 g/mol. The minimum absolute atomic E-state index is 0.0458. The molecule has 120 valence electrons. The molecule has 1 aliphatic heterocycles. The Bertz CT molecular complexity index is 615. The quantitative estimate of drug-likeness (QED) is 0.920. The van der Waals surface area contributed by atoms with E-state index in [4.69, 9.17) is 0 Å². The summed E-state index contributed by atoms with van der Waals surface area (Å²) in [5.74, 6) is 0. The summed E-state index contributed by atoms with van der Waals surface area (Å²) in [5.41, 5.74) is 2.37. The number of pyridine rings is 1. The van der Waals surface area contributed by atoms with Crippen molar-refractivity contribution >= 4 is 6.03 Å². The summed E-state index contributed by atoms with van der Waals surface area (Å²) >= 11 is 0. The van der Waals surface area contributed by atoms with E-state index in [9.17, 15) is 4.79 Å². The van der Waals surface area contributed by atoms with Gasteiger partial charge in [-0.3, -0.25) is 4.98 Å². The Kier molecular flexibility index (Phi) is 5.25. The van der Waals surface area contributed by atoms with Crippen LogP contribution in [0.1, 0.15) is 30.4 Å². The zero-order valence-corrected chi connectivity index (χ0v) is 13.3. The topological polar surface area (TPSA) is 45.2 Å². The minimum Gasteiger partial charge on any atom is -0.334 e. The number of aromatic nitrogens is 1. The number of nitrogens with one attached hydrogen (secondary N) is 1. The molecule has 4 nitrogen and oxygen atoms in total. The van der Waals surface area contributed by atoms with Gasteiger partial charge >= 0.3 is 6.03 Å². The number of carbonyl (C=O) groups excluding carboxylic acids is 1. The van der Waals surface area contributed by atoms with Gasteiger partial charge in [-0.25, -0.2) is 4.79 Å². The highest BCUT2D eigenvalue weighted by Gasteiger charge is 2.28. The third-order valence-corrected chi connectivity index (χ3v) is 4.41. The summed E-state index contributed by atoms with van der Waals surface area (Å²) in [5, 5.41) is 3.02. The molecule has 2 heterocycles. The maximum atomic E-state index is 12.4. The van der Waals surface area contributed by atoms with Gasteiger partial charge in [0.15, 0.2) is 0 Å². The highest BCUT2D eigenvalue weighted by Crippen LogP contribution is 2.22. The Balaban J connectivity index is 1.50. The first-order chi connectivity index (χ1) is 11.3. The molecular formula is C19H23N3O. The van der Waals surface area contributed by atoms with Crippen LogP contribution in [-0.4, -0.2) is 28.5 Å². The van der Waals surface area contributed by atoms with Gasteiger partial charge in [0.2, 0.25) is 0 Å².